The van der Waals surface area contributed by atoms with E-state index in [0.29, 0.717) is 38.5 Å². The first-order chi connectivity index (χ1) is 21.5. The third-order valence-corrected chi connectivity index (χ3v) is 12.7. The summed E-state index contributed by atoms with van der Waals surface area (Å²) in [5.74, 6) is -16.2. The second-order valence-electron chi connectivity index (χ2n) is 16.0. The van der Waals surface area contributed by atoms with Gasteiger partial charge in [-0.1, -0.05) is 0 Å². The fourth-order valence-corrected chi connectivity index (χ4v) is 11.2. The van der Waals surface area contributed by atoms with E-state index in [0.717, 1.165) is 19.8 Å². The van der Waals surface area contributed by atoms with Gasteiger partial charge in [-0.05, 0) is 76.0 Å². The molecule has 0 radical (unpaired) electrons. The van der Waals surface area contributed by atoms with Crippen LogP contribution in [0.2, 0.25) is 0 Å². The van der Waals surface area contributed by atoms with E-state index < -0.39 is 89.9 Å². The Kier molecular flexibility index (Phi) is 6.85. The van der Waals surface area contributed by atoms with Crippen LogP contribution in [0.4, 0.5) is 26.3 Å². The zero-order valence-corrected chi connectivity index (χ0v) is 25.7. The number of halogens is 6. The van der Waals surface area contributed by atoms with E-state index in [1.807, 2.05) is 0 Å². The number of hydrogen-bond acceptors (Lipinski definition) is 8. The molecule has 0 aromatic rings. The van der Waals surface area contributed by atoms with Gasteiger partial charge in [-0.2, -0.15) is 17.6 Å². The van der Waals surface area contributed by atoms with Crippen molar-refractivity contribution in [1.29, 1.82) is 0 Å². The summed E-state index contributed by atoms with van der Waals surface area (Å²) in [6, 6.07) is 0. The number of carbonyl (C=O) groups is 2. The van der Waals surface area contributed by atoms with Crippen molar-refractivity contribution in [3.8, 4) is 0 Å². The van der Waals surface area contributed by atoms with Crippen molar-refractivity contribution < 1.29 is 64.4 Å². The summed E-state index contributed by atoms with van der Waals surface area (Å²) >= 11 is 0. The highest BCUT2D eigenvalue weighted by Gasteiger charge is 2.71. The van der Waals surface area contributed by atoms with Gasteiger partial charge in [0.05, 0.1) is 17.4 Å². The van der Waals surface area contributed by atoms with Gasteiger partial charge in [0, 0.05) is 30.6 Å². The largest absolute Gasteiger partial charge is 0.462 e. The Morgan fingerprint density at radius 1 is 0.696 bits per heavy atom. The maximum absolute atomic E-state index is 14.1. The summed E-state index contributed by atoms with van der Waals surface area (Å²) in [6.07, 6.45) is 4.66. The summed E-state index contributed by atoms with van der Waals surface area (Å²) in [5.41, 5.74) is -1.70. The zero-order valence-electron chi connectivity index (χ0n) is 25.7. The Labute approximate surface area is 262 Å². The molecule has 5 unspecified atom stereocenters. The van der Waals surface area contributed by atoms with Gasteiger partial charge in [-0.15, -0.1) is 0 Å². The van der Waals surface area contributed by atoms with Crippen LogP contribution in [0.3, 0.4) is 0 Å². The van der Waals surface area contributed by atoms with Gasteiger partial charge >= 0.3 is 23.8 Å². The molecule has 10 aliphatic rings. The van der Waals surface area contributed by atoms with Crippen LogP contribution in [0.5, 0.6) is 0 Å². The van der Waals surface area contributed by atoms with Crippen LogP contribution in [0, 0.1) is 46.3 Å². The number of rotatable bonds is 6. The number of alkyl halides is 6. The molecule has 14 heteroatoms. The molecule has 8 nitrogen and oxygen atoms in total. The minimum atomic E-state index is -4.35. The molecule has 8 bridgehead atoms. The molecule has 10 rings (SSSR count). The molecule has 46 heavy (non-hydrogen) atoms. The quantitative estimate of drug-likeness (QED) is 0.271. The first-order valence-corrected chi connectivity index (χ1v) is 16.6. The number of hydrogen-bond donors (Lipinski definition) is 0. The molecule has 8 saturated carbocycles. The van der Waals surface area contributed by atoms with E-state index in [2.05, 4.69) is 0 Å². The van der Waals surface area contributed by atoms with Gasteiger partial charge in [0.15, 0.2) is 18.2 Å². The third kappa shape index (κ3) is 4.61. The van der Waals surface area contributed by atoms with Crippen LogP contribution in [0.25, 0.3) is 0 Å². The molecule has 10 fully saturated rings. The minimum absolute atomic E-state index is 0.0550. The molecule has 2 heterocycles. The van der Waals surface area contributed by atoms with Crippen molar-refractivity contribution in [2.45, 2.75) is 107 Å². The Morgan fingerprint density at radius 2 is 1.15 bits per heavy atom. The summed E-state index contributed by atoms with van der Waals surface area (Å²) in [6.45, 7) is -2.96. The van der Waals surface area contributed by atoms with Gasteiger partial charge in [-0.3, -0.25) is 9.59 Å². The predicted molar refractivity (Wildman–Crippen MR) is 143 cm³/mol. The second-order valence-corrected chi connectivity index (χ2v) is 16.0. The van der Waals surface area contributed by atoms with Crippen molar-refractivity contribution in [3.63, 3.8) is 0 Å². The average Bonchev–Trinajstić information content (AvgIpc) is 3.37. The van der Waals surface area contributed by atoms with E-state index in [4.69, 9.17) is 28.4 Å². The lowest BCUT2D eigenvalue weighted by molar-refractivity contribution is -0.346. The van der Waals surface area contributed by atoms with Gasteiger partial charge in [0.2, 0.25) is 0 Å². The van der Waals surface area contributed by atoms with Gasteiger partial charge in [-0.25, -0.2) is 8.78 Å². The van der Waals surface area contributed by atoms with E-state index in [1.54, 1.807) is 0 Å². The Bertz CT molecular complexity index is 1230. The van der Waals surface area contributed by atoms with Gasteiger partial charge in [0.25, 0.3) is 5.92 Å². The number of carbonyl (C=O) groups excluding carboxylic acids is 2. The third-order valence-electron chi connectivity index (χ3n) is 12.7. The van der Waals surface area contributed by atoms with E-state index in [9.17, 15) is 35.9 Å². The van der Waals surface area contributed by atoms with Crippen LogP contribution >= 0.6 is 0 Å². The Balaban J connectivity index is 0.909. The standard InChI is InChI=1S/C32H40F6O8/c1-26(33,34)14-42-25(40)28-7-18-4-21(10-28)32(22(5-18)11-28)43-13-23(46-32)12-41-24(39)27-6-17-2-19(8-27)31(20(3-17)9-27)44-15-29(35,36)30(37,38)16-45-31/h17-23H,2-16H2,1H3. The summed E-state index contributed by atoms with van der Waals surface area (Å²) in [4.78, 5) is 26.8. The molecule has 0 N–H and O–H groups in total. The highest BCUT2D eigenvalue weighted by Crippen LogP contribution is 2.68. The average molecular weight is 667 g/mol. The van der Waals surface area contributed by atoms with Crippen molar-refractivity contribution in [1.82, 2.24) is 0 Å². The topological polar surface area (TPSA) is 89.5 Å². The van der Waals surface area contributed by atoms with Crippen molar-refractivity contribution >= 4 is 11.9 Å². The first kappa shape index (κ1) is 31.6. The lowest BCUT2D eigenvalue weighted by Crippen LogP contribution is -2.65. The monoisotopic (exact) mass is 666 g/mol. The number of ether oxygens (including phenoxy) is 6. The summed E-state index contributed by atoms with van der Waals surface area (Å²) < 4.78 is 118. The molecule has 2 saturated heterocycles. The van der Waals surface area contributed by atoms with E-state index >= 15 is 0 Å². The molecule has 0 aromatic carbocycles. The number of esters is 2. The lowest BCUT2D eigenvalue weighted by Gasteiger charge is -2.62. The smallest absolute Gasteiger partial charge is 0.335 e. The highest BCUT2D eigenvalue weighted by molar-refractivity contribution is 5.78. The maximum atomic E-state index is 14.1. The fraction of sp³-hybridized carbons (Fsp3) is 0.938. The highest BCUT2D eigenvalue weighted by atomic mass is 19.3. The minimum Gasteiger partial charge on any atom is -0.462 e. The molecule has 8 aliphatic carbocycles. The van der Waals surface area contributed by atoms with Crippen LogP contribution < -0.4 is 0 Å². The molecule has 5 atom stereocenters. The van der Waals surface area contributed by atoms with Crippen LogP contribution in [-0.2, 0) is 38.0 Å². The van der Waals surface area contributed by atoms with Crippen LogP contribution in [0.1, 0.15) is 71.1 Å². The zero-order chi connectivity index (χ0) is 32.5. The SMILES string of the molecule is CC(F)(F)COC(=O)C12CC3CC(C1)C1(OCC(COC(=O)C45CC6CC(C4)C4(OCC(F)(F)C(F)(F)CO4)C(C6)C5)O1)C(C3)C2. The normalized spacial score (nSPS) is 47.3. The lowest BCUT2D eigenvalue weighted by atomic mass is 9.47. The Hall–Kier alpha value is -1.64. The van der Waals surface area contributed by atoms with E-state index in [-0.39, 0.29) is 49.7 Å². The summed E-state index contributed by atoms with van der Waals surface area (Å²) in [7, 11) is 0. The van der Waals surface area contributed by atoms with Gasteiger partial charge in [0.1, 0.15) is 25.9 Å². The van der Waals surface area contributed by atoms with Crippen LogP contribution in [0.15, 0.2) is 0 Å². The molecule has 0 amide bonds. The molecule has 258 valence electrons. The predicted octanol–water partition coefficient (Wildman–Crippen LogP) is 5.51. The maximum Gasteiger partial charge on any atom is 0.335 e. The van der Waals surface area contributed by atoms with E-state index in [1.165, 1.54) is 0 Å². The summed E-state index contributed by atoms with van der Waals surface area (Å²) in [5, 5.41) is 0. The van der Waals surface area contributed by atoms with Crippen molar-refractivity contribution in [2.24, 2.45) is 46.3 Å². The molecular weight excluding hydrogens is 626 g/mol. The van der Waals surface area contributed by atoms with Gasteiger partial charge < -0.3 is 28.4 Å². The second kappa shape index (κ2) is 9.97. The van der Waals surface area contributed by atoms with Crippen LogP contribution in [-0.4, -0.2) is 80.4 Å². The molecule has 0 aromatic heterocycles. The fourth-order valence-electron chi connectivity index (χ4n) is 11.2. The van der Waals surface area contributed by atoms with Crippen molar-refractivity contribution in [3.05, 3.63) is 0 Å². The first-order valence-electron chi connectivity index (χ1n) is 16.6. The molecule has 2 spiro atoms. The molecular formula is C32H40F6O8. The van der Waals surface area contributed by atoms with Crippen molar-refractivity contribution in [2.75, 3.05) is 33.0 Å². The molecule has 2 aliphatic heterocycles. The Morgan fingerprint density at radius 3 is 1.63 bits per heavy atom.